The van der Waals surface area contributed by atoms with Crippen LogP contribution in [-0.4, -0.2) is 18.0 Å². The van der Waals surface area contributed by atoms with Crippen molar-refractivity contribution in [1.29, 1.82) is 0 Å². The normalized spacial score (nSPS) is 13.6. The molecule has 0 aliphatic rings. The molecule has 281 valence electrons. The fraction of sp³-hybridized carbons (Fsp3) is 0.176. The monoisotopic (exact) mass is 928 g/mol. The molecule has 0 atom stereocenters. The van der Waals surface area contributed by atoms with Crippen molar-refractivity contribution >= 4 is 56.7 Å². The minimum atomic E-state index is -2.14. The topological polar surface area (TPSA) is 38.9 Å². The van der Waals surface area contributed by atoms with E-state index < -0.39 is 26.7 Å². The van der Waals surface area contributed by atoms with E-state index >= 15 is 0 Å². The Kier molecular flexibility index (Phi) is 9.28. The molecule has 5 heteroatoms. The number of hydrogen-bond acceptors (Lipinski definition) is 3. The van der Waals surface area contributed by atoms with Gasteiger partial charge >= 0.3 is 0 Å². The summed E-state index contributed by atoms with van der Waals surface area (Å²) in [5, 5.41) is 8.42. The molecule has 0 spiro atoms. The molecule has 9 aromatic rings. The Balaban J connectivity index is 0.000000203. The summed E-state index contributed by atoms with van der Waals surface area (Å²) in [6.45, 7) is 10.5. The number of furan rings is 1. The zero-order chi connectivity index (χ0) is 42.6. The van der Waals surface area contributed by atoms with Crippen LogP contribution in [0, 0.1) is 24.4 Å². The third-order valence-corrected chi connectivity index (χ3v) is 11.8. The van der Waals surface area contributed by atoms with Crippen LogP contribution in [0.25, 0.3) is 77.1 Å². The van der Waals surface area contributed by atoms with E-state index in [2.05, 4.69) is 128 Å². The first-order chi connectivity index (χ1) is 28.4. The van der Waals surface area contributed by atoms with Gasteiger partial charge in [-0.25, -0.2) is 0 Å². The van der Waals surface area contributed by atoms with Crippen LogP contribution in [0.1, 0.15) is 38.8 Å². The van der Waals surface area contributed by atoms with Crippen LogP contribution in [0.3, 0.4) is 0 Å². The first-order valence-electron chi connectivity index (χ1n) is 21.1. The van der Waals surface area contributed by atoms with Crippen molar-refractivity contribution in [1.82, 2.24) is 9.97 Å². The SMILES string of the molecule is C[Si](C)(C)c1ccc(-c2ccnc(-c3[c-]ccc4c3oc3c4ccc4ccc5ccccc5c43)c2)cc1.[2H]C([2H])([2H])c1c[c-]c(-c2ccc(C([2H])([2H])C(C)(C)C)cn2)cc1.[Ir]. The van der Waals surface area contributed by atoms with E-state index in [0.29, 0.717) is 16.8 Å². The molecule has 3 aromatic heterocycles. The van der Waals surface area contributed by atoms with Gasteiger partial charge in [-0.3, -0.25) is 0 Å². The van der Waals surface area contributed by atoms with Crippen molar-refractivity contribution in [2.24, 2.45) is 5.41 Å². The summed E-state index contributed by atoms with van der Waals surface area (Å²) in [7, 11) is -1.33. The Hall–Kier alpha value is -5.19. The number of aryl methyl sites for hydroxylation is 1. The van der Waals surface area contributed by atoms with Crippen LogP contribution in [0.4, 0.5) is 0 Å². The van der Waals surface area contributed by atoms with Crippen LogP contribution in [0.5, 0.6) is 0 Å². The minimum Gasteiger partial charge on any atom is -0.500 e. The van der Waals surface area contributed by atoms with E-state index in [1.165, 1.54) is 39.2 Å². The van der Waals surface area contributed by atoms with Crippen LogP contribution >= 0.6 is 0 Å². The Morgan fingerprint density at radius 3 is 2.20 bits per heavy atom. The Morgan fingerprint density at radius 2 is 1.48 bits per heavy atom. The quantitative estimate of drug-likeness (QED) is 0.0981. The van der Waals surface area contributed by atoms with E-state index in [9.17, 15) is 0 Å². The molecule has 0 N–H and O–H groups in total. The number of aromatic nitrogens is 2. The van der Waals surface area contributed by atoms with Gasteiger partial charge < -0.3 is 14.4 Å². The van der Waals surface area contributed by atoms with Gasteiger partial charge in [0.25, 0.3) is 0 Å². The number of hydrogen-bond donors (Lipinski definition) is 0. The average Bonchev–Trinajstić information content (AvgIpc) is 3.62. The number of pyridine rings is 2. The molecule has 6 aromatic carbocycles. The van der Waals surface area contributed by atoms with Gasteiger partial charge in [0.2, 0.25) is 0 Å². The minimum absolute atomic E-state index is 0. The average molecular weight is 928 g/mol. The van der Waals surface area contributed by atoms with E-state index in [1.54, 1.807) is 24.3 Å². The fourth-order valence-electron chi connectivity index (χ4n) is 7.03. The molecule has 0 unspecified atom stereocenters. The van der Waals surface area contributed by atoms with E-state index in [4.69, 9.17) is 16.3 Å². The van der Waals surface area contributed by atoms with Crippen molar-refractivity contribution < 1.29 is 31.4 Å². The molecule has 3 nitrogen and oxygen atoms in total. The Morgan fingerprint density at radius 1 is 0.714 bits per heavy atom. The summed E-state index contributed by atoms with van der Waals surface area (Å²) < 4.78 is 45.3. The third kappa shape index (κ3) is 8.18. The number of benzene rings is 6. The van der Waals surface area contributed by atoms with Gasteiger partial charge in [-0.15, -0.1) is 53.6 Å². The van der Waals surface area contributed by atoms with Crippen molar-refractivity contribution in [2.45, 2.75) is 53.6 Å². The van der Waals surface area contributed by atoms with Gasteiger partial charge in [-0.05, 0) is 62.1 Å². The van der Waals surface area contributed by atoms with Crippen molar-refractivity contribution in [2.75, 3.05) is 0 Å². The summed E-state index contributed by atoms with van der Waals surface area (Å²) in [5.74, 6) is 0. The van der Waals surface area contributed by atoms with Gasteiger partial charge in [0, 0.05) is 50.1 Å². The van der Waals surface area contributed by atoms with Crippen LogP contribution in [0.2, 0.25) is 19.6 Å². The second-order valence-electron chi connectivity index (χ2n) is 16.1. The molecule has 0 aliphatic heterocycles. The number of fused-ring (bicyclic) bond motifs is 7. The molecule has 0 fully saturated rings. The summed E-state index contributed by atoms with van der Waals surface area (Å²) in [5.41, 5.74) is 7.38. The van der Waals surface area contributed by atoms with Crippen molar-refractivity contribution in [3.63, 3.8) is 0 Å². The predicted molar refractivity (Wildman–Crippen MR) is 236 cm³/mol. The third-order valence-electron chi connectivity index (χ3n) is 9.78. The van der Waals surface area contributed by atoms with Crippen LogP contribution in [0.15, 0.2) is 144 Å². The second-order valence-corrected chi connectivity index (χ2v) is 21.2. The maximum absolute atomic E-state index is 8.25. The molecule has 9 rings (SSSR count). The van der Waals surface area contributed by atoms with E-state index in [-0.39, 0.29) is 25.7 Å². The summed E-state index contributed by atoms with van der Waals surface area (Å²) in [6, 6.07) is 49.0. The Bertz CT molecular complexity index is 3000. The predicted octanol–water partition coefficient (Wildman–Crippen LogP) is 13.4. The largest absolute Gasteiger partial charge is 0.500 e. The first-order valence-corrected chi connectivity index (χ1v) is 22.1. The van der Waals surface area contributed by atoms with Crippen molar-refractivity contribution in [3.05, 3.63) is 163 Å². The molecule has 0 aliphatic carbocycles. The number of nitrogens with zero attached hydrogens (tertiary/aromatic N) is 2. The zero-order valence-electron chi connectivity index (χ0n) is 37.4. The zero-order valence-corrected chi connectivity index (χ0v) is 35.8. The maximum Gasteiger partial charge on any atom is 0.129 e. The maximum atomic E-state index is 8.25. The summed E-state index contributed by atoms with van der Waals surface area (Å²) >= 11 is 0. The van der Waals surface area contributed by atoms with E-state index in [1.807, 2.05) is 33.0 Å². The van der Waals surface area contributed by atoms with Gasteiger partial charge in [0.1, 0.15) is 5.58 Å². The number of rotatable bonds is 5. The molecule has 1 radical (unpaired) electrons. The molecule has 0 bridgehead atoms. The smallest absolute Gasteiger partial charge is 0.129 e. The molecular weight excluding hydrogens is 877 g/mol. The van der Waals surface area contributed by atoms with Crippen molar-refractivity contribution in [3.8, 4) is 33.6 Å². The Labute approximate surface area is 352 Å². The molecule has 0 saturated carbocycles. The van der Waals surface area contributed by atoms with Gasteiger partial charge in [-0.1, -0.05) is 154 Å². The van der Waals surface area contributed by atoms with Crippen LogP contribution in [-0.2, 0) is 26.5 Å². The van der Waals surface area contributed by atoms with E-state index in [0.717, 1.165) is 44.1 Å². The fourth-order valence-corrected chi connectivity index (χ4v) is 8.20. The molecule has 56 heavy (non-hydrogen) atoms. The van der Waals surface area contributed by atoms with Gasteiger partial charge in [0.05, 0.1) is 13.7 Å². The van der Waals surface area contributed by atoms with Gasteiger partial charge in [-0.2, -0.15) is 0 Å². The molecule has 0 amide bonds. The van der Waals surface area contributed by atoms with Gasteiger partial charge in [0.15, 0.2) is 0 Å². The molecular formula is C51H46IrN2OSi-2. The summed E-state index contributed by atoms with van der Waals surface area (Å²) in [6.07, 6.45) is 1.93. The second kappa shape index (κ2) is 15.7. The first kappa shape index (κ1) is 33.0. The summed E-state index contributed by atoms with van der Waals surface area (Å²) in [4.78, 5) is 9.05. The van der Waals surface area contributed by atoms with Crippen LogP contribution < -0.4 is 5.19 Å². The molecule has 0 saturated heterocycles. The molecule has 3 heterocycles. The standard InChI is InChI=1S/C34H26NOSi.C17H20N.Ir/c1-37(2,3)26-16-13-22(14-17-26)25-19-20-35-31(21-25)30-10-6-9-28-29-18-15-24-12-11-23-7-4-5-8-27(23)32(24)34(29)36-33(28)30;1-13-5-8-15(9-6-13)16-10-7-14(12-18-16)11-17(2,3)4;/h4-9,11-21H,1-3H3;5-8,10,12H,11H2,1-4H3;/q2*-1;/i;1D3,11D2;.